The van der Waals surface area contributed by atoms with Gasteiger partial charge in [0, 0.05) is 37.7 Å². The summed E-state index contributed by atoms with van der Waals surface area (Å²) in [7, 11) is 0. The van der Waals surface area contributed by atoms with E-state index in [0.717, 1.165) is 25.2 Å². The van der Waals surface area contributed by atoms with Crippen LogP contribution in [-0.2, 0) is 0 Å². The van der Waals surface area contributed by atoms with Crippen LogP contribution in [0.25, 0.3) is 0 Å². The standard InChI is InChI=1S/C13H18N4O2/c18-11-7-14-5-9(11)6-16-13(19)10-3-4-15-12(17-10)8-1-2-8/h3-4,8-9,11,14,18H,1-2,5-7H2,(H,16,19). The zero-order valence-electron chi connectivity index (χ0n) is 10.7. The zero-order valence-corrected chi connectivity index (χ0v) is 10.7. The topological polar surface area (TPSA) is 87.1 Å². The first-order valence-corrected chi connectivity index (χ1v) is 6.74. The smallest absolute Gasteiger partial charge is 0.270 e. The number of nitrogens with one attached hydrogen (secondary N) is 2. The highest BCUT2D eigenvalue weighted by molar-refractivity contribution is 5.92. The largest absolute Gasteiger partial charge is 0.391 e. The summed E-state index contributed by atoms with van der Waals surface area (Å²) in [5, 5.41) is 15.6. The minimum absolute atomic E-state index is 0.0775. The molecule has 0 radical (unpaired) electrons. The van der Waals surface area contributed by atoms with Crippen molar-refractivity contribution in [2.75, 3.05) is 19.6 Å². The molecule has 102 valence electrons. The third-order valence-corrected chi connectivity index (χ3v) is 3.68. The average Bonchev–Trinajstić information content (AvgIpc) is 3.20. The highest BCUT2D eigenvalue weighted by atomic mass is 16.3. The van der Waals surface area contributed by atoms with Crippen LogP contribution >= 0.6 is 0 Å². The molecule has 19 heavy (non-hydrogen) atoms. The van der Waals surface area contributed by atoms with Crippen molar-refractivity contribution >= 4 is 5.91 Å². The summed E-state index contributed by atoms with van der Waals surface area (Å²) >= 11 is 0. The van der Waals surface area contributed by atoms with Crippen molar-refractivity contribution in [2.24, 2.45) is 5.92 Å². The molecule has 2 aliphatic rings. The molecule has 0 aromatic carbocycles. The van der Waals surface area contributed by atoms with E-state index in [9.17, 15) is 9.90 Å². The maximum Gasteiger partial charge on any atom is 0.270 e. The van der Waals surface area contributed by atoms with Gasteiger partial charge in [-0.2, -0.15) is 0 Å². The minimum Gasteiger partial charge on any atom is -0.391 e. The summed E-state index contributed by atoms with van der Waals surface area (Å²) in [6, 6.07) is 1.63. The number of carbonyl (C=O) groups excluding carboxylic acids is 1. The lowest BCUT2D eigenvalue weighted by atomic mass is 10.1. The van der Waals surface area contributed by atoms with Crippen molar-refractivity contribution in [2.45, 2.75) is 24.9 Å². The lowest BCUT2D eigenvalue weighted by Crippen LogP contribution is -2.34. The molecule has 6 nitrogen and oxygen atoms in total. The van der Waals surface area contributed by atoms with Crippen molar-refractivity contribution < 1.29 is 9.90 Å². The molecule has 6 heteroatoms. The molecule has 3 N–H and O–H groups in total. The summed E-state index contributed by atoms with van der Waals surface area (Å²) in [5.74, 6) is 1.10. The number of aliphatic hydroxyl groups excluding tert-OH is 1. The molecule has 1 amide bonds. The summed E-state index contributed by atoms with van der Waals surface area (Å²) in [6.45, 7) is 1.80. The van der Waals surface area contributed by atoms with E-state index in [4.69, 9.17) is 0 Å². The monoisotopic (exact) mass is 262 g/mol. The van der Waals surface area contributed by atoms with Gasteiger partial charge in [-0.05, 0) is 18.9 Å². The Balaban J connectivity index is 1.58. The Bertz CT molecular complexity index is 475. The van der Waals surface area contributed by atoms with E-state index < -0.39 is 0 Å². The van der Waals surface area contributed by atoms with Gasteiger partial charge in [0.15, 0.2) is 0 Å². The first-order chi connectivity index (χ1) is 9.24. The second-order valence-electron chi connectivity index (χ2n) is 5.27. The molecule has 1 aliphatic carbocycles. The van der Waals surface area contributed by atoms with E-state index in [-0.39, 0.29) is 17.9 Å². The van der Waals surface area contributed by atoms with E-state index in [1.807, 2.05) is 0 Å². The van der Waals surface area contributed by atoms with Gasteiger partial charge >= 0.3 is 0 Å². The predicted octanol–water partition coefficient (Wildman–Crippen LogP) is -0.336. The van der Waals surface area contributed by atoms with Crippen molar-refractivity contribution in [3.05, 3.63) is 23.8 Å². The number of aromatic nitrogens is 2. The Hall–Kier alpha value is -1.53. The van der Waals surface area contributed by atoms with Gasteiger partial charge in [0.1, 0.15) is 11.5 Å². The number of amides is 1. The fraction of sp³-hybridized carbons (Fsp3) is 0.615. The van der Waals surface area contributed by atoms with Crippen LogP contribution in [0.5, 0.6) is 0 Å². The normalized spacial score (nSPS) is 26.4. The highest BCUT2D eigenvalue weighted by Gasteiger charge is 2.28. The van der Waals surface area contributed by atoms with Crippen molar-refractivity contribution in [3.63, 3.8) is 0 Å². The molecule has 2 unspecified atom stereocenters. The molecule has 2 fully saturated rings. The van der Waals surface area contributed by atoms with Gasteiger partial charge in [-0.1, -0.05) is 0 Å². The maximum absolute atomic E-state index is 12.0. The van der Waals surface area contributed by atoms with Crippen LogP contribution in [0.2, 0.25) is 0 Å². The van der Waals surface area contributed by atoms with Crippen LogP contribution in [0.1, 0.15) is 35.1 Å². The van der Waals surface area contributed by atoms with Gasteiger partial charge in [0.25, 0.3) is 5.91 Å². The molecule has 2 atom stereocenters. The minimum atomic E-state index is -0.382. The number of hydrogen-bond donors (Lipinski definition) is 3. The van der Waals surface area contributed by atoms with Crippen LogP contribution in [0.15, 0.2) is 12.3 Å². The zero-order chi connectivity index (χ0) is 13.2. The van der Waals surface area contributed by atoms with Crippen molar-refractivity contribution in [3.8, 4) is 0 Å². The molecule has 1 aromatic heterocycles. The van der Waals surface area contributed by atoms with E-state index in [1.54, 1.807) is 12.3 Å². The maximum atomic E-state index is 12.0. The molecule has 1 aliphatic heterocycles. The fourth-order valence-corrected chi connectivity index (χ4v) is 2.28. The summed E-state index contributed by atoms with van der Waals surface area (Å²) in [4.78, 5) is 20.5. The molecule has 1 saturated heterocycles. The molecule has 1 saturated carbocycles. The van der Waals surface area contributed by atoms with E-state index in [1.165, 1.54) is 0 Å². The SMILES string of the molecule is O=C(NCC1CNCC1O)c1ccnc(C2CC2)n1. The van der Waals surface area contributed by atoms with E-state index >= 15 is 0 Å². The number of carbonyl (C=O) groups is 1. The predicted molar refractivity (Wildman–Crippen MR) is 68.7 cm³/mol. The van der Waals surface area contributed by atoms with Crippen LogP contribution < -0.4 is 10.6 Å². The van der Waals surface area contributed by atoms with Gasteiger partial charge < -0.3 is 15.7 Å². The number of β-amino-alcohol motifs (C(OH)–C–C–N with tert-alkyl or cyclic N) is 1. The van der Waals surface area contributed by atoms with Gasteiger partial charge in [0.05, 0.1) is 6.10 Å². The van der Waals surface area contributed by atoms with E-state index in [0.29, 0.717) is 24.7 Å². The van der Waals surface area contributed by atoms with Crippen molar-refractivity contribution in [1.82, 2.24) is 20.6 Å². The molecule has 2 heterocycles. The Morgan fingerprint density at radius 1 is 1.47 bits per heavy atom. The number of rotatable bonds is 4. The summed E-state index contributed by atoms with van der Waals surface area (Å²) in [5.41, 5.74) is 0.414. The molecular weight excluding hydrogens is 244 g/mol. The van der Waals surface area contributed by atoms with Gasteiger partial charge in [-0.15, -0.1) is 0 Å². The first kappa shape index (κ1) is 12.5. The van der Waals surface area contributed by atoms with Gasteiger partial charge in [0.2, 0.25) is 0 Å². The Kier molecular flexibility index (Phi) is 3.44. The first-order valence-electron chi connectivity index (χ1n) is 6.74. The van der Waals surface area contributed by atoms with Crippen LogP contribution in [0, 0.1) is 5.92 Å². The molecule has 1 aromatic rings. The van der Waals surface area contributed by atoms with Gasteiger partial charge in [-0.3, -0.25) is 4.79 Å². The highest BCUT2D eigenvalue weighted by Crippen LogP contribution is 2.37. The average molecular weight is 262 g/mol. The Morgan fingerprint density at radius 2 is 2.32 bits per heavy atom. The number of hydrogen-bond acceptors (Lipinski definition) is 5. The van der Waals surface area contributed by atoms with Crippen LogP contribution in [0.3, 0.4) is 0 Å². The van der Waals surface area contributed by atoms with Crippen molar-refractivity contribution in [1.29, 1.82) is 0 Å². The summed E-state index contributed by atoms with van der Waals surface area (Å²) in [6.07, 6.45) is 3.49. The molecule has 3 rings (SSSR count). The summed E-state index contributed by atoms with van der Waals surface area (Å²) < 4.78 is 0. The molecule has 0 bridgehead atoms. The quantitative estimate of drug-likeness (QED) is 0.691. The molecular formula is C13H18N4O2. The van der Waals surface area contributed by atoms with E-state index in [2.05, 4.69) is 20.6 Å². The van der Waals surface area contributed by atoms with Gasteiger partial charge in [-0.25, -0.2) is 9.97 Å². The lowest BCUT2D eigenvalue weighted by molar-refractivity contribution is 0.0921. The van der Waals surface area contributed by atoms with Crippen LogP contribution in [-0.4, -0.2) is 46.7 Å². The third kappa shape index (κ3) is 2.90. The number of nitrogens with zero attached hydrogens (tertiary/aromatic N) is 2. The third-order valence-electron chi connectivity index (χ3n) is 3.68. The second-order valence-corrected chi connectivity index (χ2v) is 5.27. The molecule has 0 spiro atoms. The number of aliphatic hydroxyl groups is 1. The fourth-order valence-electron chi connectivity index (χ4n) is 2.28. The lowest BCUT2D eigenvalue weighted by Gasteiger charge is -2.13. The Morgan fingerprint density at radius 3 is 3.00 bits per heavy atom. The van der Waals surface area contributed by atoms with Crippen LogP contribution in [0.4, 0.5) is 0 Å². The second kappa shape index (κ2) is 5.22. The Labute approximate surface area is 111 Å².